The molecule has 3 nitrogen and oxygen atoms in total. The van der Waals surface area contributed by atoms with Gasteiger partial charge in [0.15, 0.2) is 0 Å². The summed E-state index contributed by atoms with van der Waals surface area (Å²) in [5, 5.41) is 0. The Bertz CT molecular complexity index is 755. The number of pyridine rings is 1. The number of aryl methyl sites for hydroxylation is 1. The molecule has 3 aliphatic heterocycles. The number of benzene rings is 1. The van der Waals surface area contributed by atoms with E-state index in [1.165, 1.54) is 43.6 Å². The van der Waals surface area contributed by atoms with Gasteiger partial charge in [-0.1, -0.05) is 29.8 Å². The first kappa shape index (κ1) is 13.6. The van der Waals surface area contributed by atoms with Crippen LogP contribution in [0.5, 0.6) is 5.75 Å². The first-order chi connectivity index (χ1) is 11.2. The molecule has 3 aliphatic rings. The van der Waals surface area contributed by atoms with Crippen molar-refractivity contribution in [1.82, 2.24) is 9.88 Å². The maximum Gasteiger partial charge on any atom is 0.141 e. The summed E-state index contributed by atoms with van der Waals surface area (Å²) >= 11 is 0. The van der Waals surface area contributed by atoms with E-state index in [0.29, 0.717) is 11.5 Å². The highest BCUT2D eigenvalue weighted by molar-refractivity contribution is 5.61. The van der Waals surface area contributed by atoms with Crippen molar-refractivity contribution in [3.8, 4) is 17.0 Å². The molecule has 3 atom stereocenters. The average molecular weight is 306 g/mol. The number of piperidine rings is 1. The molecule has 3 heteroatoms. The van der Waals surface area contributed by atoms with Crippen molar-refractivity contribution in [1.29, 1.82) is 0 Å². The minimum absolute atomic E-state index is 0.310. The summed E-state index contributed by atoms with van der Waals surface area (Å²) in [6, 6.07) is 12.9. The summed E-state index contributed by atoms with van der Waals surface area (Å²) in [5.74, 6) is 1.01. The van der Waals surface area contributed by atoms with Gasteiger partial charge in [-0.3, -0.25) is 0 Å². The summed E-state index contributed by atoms with van der Waals surface area (Å²) in [6.07, 6.45) is 3.89. The van der Waals surface area contributed by atoms with Gasteiger partial charge in [-0.15, -0.1) is 0 Å². The van der Waals surface area contributed by atoms with Gasteiger partial charge in [0.1, 0.15) is 11.9 Å². The molecule has 1 spiro atoms. The number of aromatic nitrogens is 1. The molecular weight excluding hydrogens is 284 g/mol. The number of rotatable bonds is 1. The van der Waals surface area contributed by atoms with E-state index in [4.69, 9.17) is 9.72 Å². The van der Waals surface area contributed by atoms with Crippen molar-refractivity contribution in [3.63, 3.8) is 0 Å². The minimum atomic E-state index is 0.310. The third kappa shape index (κ3) is 2.10. The molecule has 0 saturated carbocycles. The van der Waals surface area contributed by atoms with Crippen LogP contribution in [0.2, 0.25) is 0 Å². The Kier molecular flexibility index (Phi) is 2.84. The second-order valence-electron chi connectivity index (χ2n) is 7.47. The number of hydrogen-bond donors (Lipinski definition) is 0. The van der Waals surface area contributed by atoms with Crippen LogP contribution in [0.1, 0.15) is 24.1 Å². The van der Waals surface area contributed by atoms with Crippen LogP contribution >= 0.6 is 0 Å². The summed E-state index contributed by atoms with van der Waals surface area (Å²) in [5.41, 5.74) is 5.00. The van der Waals surface area contributed by atoms with Crippen molar-refractivity contribution >= 4 is 0 Å². The maximum atomic E-state index is 6.38. The van der Waals surface area contributed by atoms with Crippen molar-refractivity contribution in [2.75, 3.05) is 19.6 Å². The number of ether oxygens (including phenoxy) is 1. The molecule has 4 heterocycles. The Balaban J connectivity index is 1.53. The summed E-state index contributed by atoms with van der Waals surface area (Å²) in [7, 11) is 0. The Hall–Kier alpha value is -1.87. The van der Waals surface area contributed by atoms with Gasteiger partial charge >= 0.3 is 0 Å². The summed E-state index contributed by atoms with van der Waals surface area (Å²) in [6.45, 7) is 5.73. The highest BCUT2D eigenvalue weighted by Crippen LogP contribution is 2.48. The van der Waals surface area contributed by atoms with Gasteiger partial charge in [-0.2, -0.15) is 0 Å². The van der Waals surface area contributed by atoms with E-state index in [1.807, 2.05) is 0 Å². The Labute approximate surface area is 137 Å². The molecular formula is C20H22N2O. The van der Waals surface area contributed by atoms with Crippen molar-refractivity contribution in [2.45, 2.75) is 32.3 Å². The average Bonchev–Trinajstić information content (AvgIpc) is 2.89. The molecule has 118 valence electrons. The SMILES string of the molecule is Cc1ccc(-c2ccc3c(n2)C[C@@]24CCN(CCC2O3)C4)cc1. The van der Waals surface area contributed by atoms with Gasteiger partial charge in [-0.05, 0) is 38.4 Å². The van der Waals surface area contributed by atoms with Crippen LogP contribution in [0.3, 0.4) is 0 Å². The molecule has 0 amide bonds. The standard InChI is InChI=1S/C20H22N2O/c1-14-2-4-15(5-3-14)16-6-7-18-17(21-16)12-20-9-11-22(13-20)10-8-19(20)23-18/h2-7,19H,8-13H2,1H3/t19?,20-/m1/s1. The first-order valence-corrected chi connectivity index (χ1v) is 8.68. The second-order valence-corrected chi connectivity index (χ2v) is 7.47. The number of fused-ring (bicyclic) bond motifs is 2. The van der Waals surface area contributed by atoms with Gasteiger partial charge in [0.2, 0.25) is 0 Å². The topological polar surface area (TPSA) is 25.4 Å². The fourth-order valence-corrected chi connectivity index (χ4v) is 4.58. The predicted molar refractivity (Wildman–Crippen MR) is 90.6 cm³/mol. The van der Waals surface area contributed by atoms with Crippen molar-refractivity contribution in [2.24, 2.45) is 5.41 Å². The zero-order valence-corrected chi connectivity index (χ0v) is 13.6. The molecule has 2 bridgehead atoms. The van der Waals surface area contributed by atoms with Gasteiger partial charge in [0.25, 0.3) is 0 Å². The Morgan fingerprint density at radius 1 is 1.13 bits per heavy atom. The second kappa shape index (κ2) is 4.81. The molecule has 23 heavy (non-hydrogen) atoms. The Morgan fingerprint density at radius 3 is 2.87 bits per heavy atom. The monoisotopic (exact) mass is 306 g/mol. The van der Waals surface area contributed by atoms with E-state index in [2.05, 4.69) is 48.2 Å². The van der Waals surface area contributed by atoms with Crippen LogP contribution in [0.25, 0.3) is 11.3 Å². The number of hydrogen-bond acceptors (Lipinski definition) is 3. The maximum absolute atomic E-state index is 6.38. The number of nitrogens with zero attached hydrogens (tertiary/aromatic N) is 2. The summed E-state index contributed by atoms with van der Waals surface area (Å²) < 4.78 is 6.38. The molecule has 0 aliphatic carbocycles. The van der Waals surface area contributed by atoms with Gasteiger partial charge in [0.05, 0.1) is 11.4 Å². The molecule has 2 unspecified atom stereocenters. The largest absolute Gasteiger partial charge is 0.488 e. The quantitative estimate of drug-likeness (QED) is 0.807. The lowest BCUT2D eigenvalue weighted by molar-refractivity contribution is -0.00186. The molecule has 2 aromatic rings. The predicted octanol–water partition coefficient (Wildman–Crippen LogP) is 3.46. The lowest BCUT2D eigenvalue weighted by Gasteiger charge is -2.44. The normalized spacial score (nSPS) is 31.2. The summed E-state index contributed by atoms with van der Waals surface area (Å²) in [4.78, 5) is 7.56. The van der Waals surface area contributed by atoms with Crippen LogP contribution in [0, 0.1) is 12.3 Å². The first-order valence-electron chi connectivity index (χ1n) is 8.68. The van der Waals surface area contributed by atoms with Crippen LogP contribution in [-0.4, -0.2) is 35.6 Å². The fourth-order valence-electron chi connectivity index (χ4n) is 4.58. The zero-order valence-electron chi connectivity index (χ0n) is 13.6. The zero-order chi connectivity index (χ0) is 15.4. The lowest BCUT2D eigenvalue weighted by Crippen LogP contribution is -2.51. The molecule has 2 fully saturated rings. The molecule has 2 saturated heterocycles. The highest BCUT2D eigenvalue weighted by atomic mass is 16.5. The van der Waals surface area contributed by atoms with E-state index >= 15 is 0 Å². The van der Waals surface area contributed by atoms with Gasteiger partial charge < -0.3 is 9.64 Å². The minimum Gasteiger partial charge on any atom is -0.488 e. The third-order valence-corrected chi connectivity index (χ3v) is 5.92. The molecule has 0 radical (unpaired) electrons. The van der Waals surface area contributed by atoms with E-state index in [0.717, 1.165) is 23.6 Å². The molecule has 1 aromatic heterocycles. The lowest BCUT2D eigenvalue weighted by atomic mass is 9.73. The van der Waals surface area contributed by atoms with Crippen LogP contribution in [0.15, 0.2) is 36.4 Å². The third-order valence-electron chi connectivity index (χ3n) is 5.92. The fraction of sp³-hybridized carbons (Fsp3) is 0.450. The van der Waals surface area contributed by atoms with Crippen molar-refractivity contribution < 1.29 is 4.74 Å². The molecule has 5 rings (SSSR count). The Morgan fingerprint density at radius 2 is 2.00 bits per heavy atom. The molecule has 1 aromatic carbocycles. The van der Waals surface area contributed by atoms with E-state index in [-0.39, 0.29) is 0 Å². The van der Waals surface area contributed by atoms with Crippen LogP contribution in [-0.2, 0) is 6.42 Å². The smallest absolute Gasteiger partial charge is 0.141 e. The van der Waals surface area contributed by atoms with Gasteiger partial charge in [-0.25, -0.2) is 4.98 Å². The van der Waals surface area contributed by atoms with E-state index in [9.17, 15) is 0 Å². The van der Waals surface area contributed by atoms with Crippen LogP contribution < -0.4 is 4.74 Å². The molecule has 0 N–H and O–H groups in total. The van der Waals surface area contributed by atoms with E-state index < -0.39 is 0 Å². The van der Waals surface area contributed by atoms with Crippen LogP contribution in [0.4, 0.5) is 0 Å². The van der Waals surface area contributed by atoms with Crippen molar-refractivity contribution in [3.05, 3.63) is 47.7 Å². The van der Waals surface area contributed by atoms with E-state index in [1.54, 1.807) is 0 Å². The highest BCUT2D eigenvalue weighted by Gasteiger charge is 2.51. The van der Waals surface area contributed by atoms with Gasteiger partial charge in [0, 0.05) is 30.5 Å².